The van der Waals surface area contributed by atoms with E-state index in [1.54, 1.807) is 6.92 Å². The van der Waals surface area contributed by atoms with Gasteiger partial charge in [0.25, 0.3) is 0 Å². The number of carbonyl (C=O) groups excluding carboxylic acids is 1. The molecule has 0 saturated carbocycles. The van der Waals surface area contributed by atoms with E-state index in [0.717, 1.165) is 0 Å². The van der Waals surface area contributed by atoms with Crippen molar-refractivity contribution in [2.75, 3.05) is 5.32 Å². The number of aromatic hydroxyl groups is 1. The van der Waals surface area contributed by atoms with Crippen LogP contribution in [0.15, 0.2) is 12.1 Å². The van der Waals surface area contributed by atoms with Crippen LogP contribution in [0.3, 0.4) is 0 Å². The van der Waals surface area contributed by atoms with Crippen LogP contribution in [0.1, 0.15) is 13.3 Å². The summed E-state index contributed by atoms with van der Waals surface area (Å²) in [6.07, 6.45) is 0.323. The number of hydrogen-bond acceptors (Lipinski definition) is 2. The molecule has 76 valence electrons. The largest absolute Gasteiger partial charge is 0.504 e. The molecule has 0 atom stereocenters. The van der Waals surface area contributed by atoms with Gasteiger partial charge >= 0.3 is 0 Å². The number of carbonyl (C=O) groups is 1. The predicted octanol–water partition coefficient (Wildman–Crippen LogP) is 3.05. The first-order chi connectivity index (χ1) is 6.54. The maximum atomic E-state index is 11.0. The summed E-state index contributed by atoms with van der Waals surface area (Å²) in [6.45, 7) is 1.71. The molecule has 3 nitrogen and oxygen atoms in total. The van der Waals surface area contributed by atoms with E-state index in [1.807, 2.05) is 0 Å². The van der Waals surface area contributed by atoms with Crippen LogP contribution in [0.25, 0.3) is 0 Å². The molecule has 0 unspecified atom stereocenters. The average molecular weight is 234 g/mol. The summed E-state index contributed by atoms with van der Waals surface area (Å²) >= 11 is 11.4. The number of nitrogens with one attached hydrogen (secondary N) is 1. The van der Waals surface area contributed by atoms with Gasteiger partial charge in [0.2, 0.25) is 5.91 Å². The number of phenols is 1. The highest BCUT2D eigenvalue weighted by molar-refractivity contribution is 6.36. The lowest BCUT2D eigenvalue weighted by Crippen LogP contribution is -2.09. The lowest BCUT2D eigenvalue weighted by Gasteiger charge is -2.07. The van der Waals surface area contributed by atoms with Crippen molar-refractivity contribution in [3.63, 3.8) is 0 Å². The van der Waals surface area contributed by atoms with Crippen molar-refractivity contribution in [2.24, 2.45) is 0 Å². The quantitative estimate of drug-likeness (QED) is 0.772. The fourth-order valence-electron chi connectivity index (χ4n) is 0.900. The Hall–Kier alpha value is -0.930. The zero-order valence-electron chi connectivity index (χ0n) is 7.47. The Balaban J connectivity index is 3.02. The fraction of sp³-hybridized carbons (Fsp3) is 0.222. The van der Waals surface area contributed by atoms with Crippen molar-refractivity contribution in [1.29, 1.82) is 0 Å². The summed E-state index contributed by atoms with van der Waals surface area (Å²) < 4.78 is 0. The van der Waals surface area contributed by atoms with Crippen molar-refractivity contribution < 1.29 is 9.90 Å². The van der Waals surface area contributed by atoms with Crippen LogP contribution >= 0.6 is 23.2 Å². The normalized spacial score (nSPS) is 9.93. The minimum Gasteiger partial charge on any atom is -0.504 e. The van der Waals surface area contributed by atoms with Crippen molar-refractivity contribution in [1.82, 2.24) is 0 Å². The van der Waals surface area contributed by atoms with E-state index in [0.29, 0.717) is 11.4 Å². The number of halogens is 2. The molecule has 0 fully saturated rings. The molecule has 1 aromatic carbocycles. The van der Waals surface area contributed by atoms with Gasteiger partial charge in [-0.25, -0.2) is 0 Å². The van der Waals surface area contributed by atoms with Crippen LogP contribution in [-0.4, -0.2) is 11.0 Å². The second kappa shape index (κ2) is 4.53. The minimum absolute atomic E-state index is 0.115. The van der Waals surface area contributed by atoms with Crippen LogP contribution in [0.2, 0.25) is 10.0 Å². The smallest absolute Gasteiger partial charge is 0.224 e. The van der Waals surface area contributed by atoms with E-state index >= 15 is 0 Å². The Labute approximate surface area is 91.6 Å². The van der Waals surface area contributed by atoms with Crippen LogP contribution in [-0.2, 0) is 4.79 Å². The van der Waals surface area contributed by atoms with Gasteiger partial charge in [-0.15, -0.1) is 0 Å². The van der Waals surface area contributed by atoms with E-state index in [-0.39, 0.29) is 22.4 Å². The second-order valence-electron chi connectivity index (χ2n) is 2.69. The molecular formula is C9H9Cl2NO2. The third-order valence-electron chi connectivity index (χ3n) is 1.62. The van der Waals surface area contributed by atoms with Crippen LogP contribution in [0, 0.1) is 0 Å². The first-order valence-electron chi connectivity index (χ1n) is 4.02. The lowest BCUT2D eigenvalue weighted by atomic mass is 10.3. The Morgan fingerprint density at radius 1 is 1.50 bits per heavy atom. The molecule has 0 bridgehead atoms. The Morgan fingerprint density at radius 3 is 2.71 bits per heavy atom. The van der Waals surface area contributed by atoms with Gasteiger partial charge in [0.15, 0.2) is 5.75 Å². The van der Waals surface area contributed by atoms with Gasteiger partial charge in [-0.05, 0) is 12.1 Å². The van der Waals surface area contributed by atoms with Crippen LogP contribution in [0.5, 0.6) is 5.75 Å². The number of benzene rings is 1. The third kappa shape index (κ3) is 2.53. The molecular weight excluding hydrogens is 225 g/mol. The standard InChI is InChI=1S/C9H9Cl2NO2/c1-2-8(13)12-7-4-5(10)3-6(11)9(7)14/h3-4,14H,2H2,1H3,(H,12,13). The number of rotatable bonds is 2. The van der Waals surface area contributed by atoms with Gasteiger partial charge in [-0.3, -0.25) is 4.79 Å². The summed E-state index contributed by atoms with van der Waals surface area (Å²) in [5, 5.41) is 12.4. The average Bonchev–Trinajstić information content (AvgIpc) is 2.13. The summed E-state index contributed by atoms with van der Waals surface area (Å²) in [6, 6.07) is 2.84. The molecule has 0 saturated heterocycles. The van der Waals surface area contributed by atoms with Gasteiger partial charge in [0.05, 0.1) is 10.7 Å². The Morgan fingerprint density at radius 2 is 2.14 bits per heavy atom. The summed E-state index contributed by atoms with van der Waals surface area (Å²) in [5.74, 6) is -0.378. The first-order valence-corrected chi connectivity index (χ1v) is 4.78. The highest BCUT2D eigenvalue weighted by Gasteiger charge is 2.09. The molecule has 0 heterocycles. The molecule has 0 aliphatic rings. The van der Waals surface area contributed by atoms with E-state index in [2.05, 4.69) is 5.32 Å². The molecule has 2 N–H and O–H groups in total. The molecule has 0 aliphatic carbocycles. The topological polar surface area (TPSA) is 49.3 Å². The van der Waals surface area contributed by atoms with Crippen LogP contribution in [0.4, 0.5) is 5.69 Å². The van der Waals surface area contributed by atoms with Gasteiger partial charge in [-0.1, -0.05) is 30.1 Å². The maximum Gasteiger partial charge on any atom is 0.224 e. The van der Waals surface area contributed by atoms with Gasteiger partial charge in [-0.2, -0.15) is 0 Å². The summed E-state index contributed by atoms with van der Waals surface area (Å²) in [7, 11) is 0. The number of anilines is 1. The van der Waals surface area contributed by atoms with E-state index in [9.17, 15) is 9.90 Å². The summed E-state index contributed by atoms with van der Waals surface area (Å²) in [4.78, 5) is 11.0. The van der Waals surface area contributed by atoms with Gasteiger partial charge < -0.3 is 10.4 Å². The van der Waals surface area contributed by atoms with Gasteiger partial charge in [0.1, 0.15) is 0 Å². The Kier molecular flexibility index (Phi) is 3.61. The highest BCUT2D eigenvalue weighted by atomic mass is 35.5. The van der Waals surface area contributed by atoms with Crippen molar-refractivity contribution >= 4 is 34.8 Å². The minimum atomic E-state index is -0.210. The number of amides is 1. The zero-order valence-corrected chi connectivity index (χ0v) is 8.99. The first kappa shape index (κ1) is 11.1. The fourth-order valence-corrected chi connectivity index (χ4v) is 1.39. The van der Waals surface area contributed by atoms with E-state index < -0.39 is 0 Å². The van der Waals surface area contributed by atoms with Crippen LogP contribution < -0.4 is 5.32 Å². The molecule has 0 radical (unpaired) electrons. The molecule has 0 aliphatic heterocycles. The molecule has 0 spiro atoms. The lowest BCUT2D eigenvalue weighted by molar-refractivity contribution is -0.115. The van der Waals surface area contributed by atoms with E-state index in [4.69, 9.17) is 23.2 Å². The zero-order chi connectivity index (χ0) is 10.7. The summed E-state index contributed by atoms with van der Waals surface area (Å²) in [5.41, 5.74) is 0.231. The molecule has 1 aromatic rings. The molecule has 1 amide bonds. The second-order valence-corrected chi connectivity index (χ2v) is 3.53. The van der Waals surface area contributed by atoms with Crippen molar-refractivity contribution in [2.45, 2.75) is 13.3 Å². The molecule has 14 heavy (non-hydrogen) atoms. The monoisotopic (exact) mass is 233 g/mol. The highest BCUT2D eigenvalue weighted by Crippen LogP contribution is 2.34. The number of phenolic OH excluding ortho intramolecular Hbond substituents is 1. The van der Waals surface area contributed by atoms with Crippen molar-refractivity contribution in [3.05, 3.63) is 22.2 Å². The third-order valence-corrected chi connectivity index (χ3v) is 2.13. The molecule has 0 aromatic heterocycles. The van der Waals surface area contributed by atoms with E-state index in [1.165, 1.54) is 12.1 Å². The van der Waals surface area contributed by atoms with Gasteiger partial charge in [0, 0.05) is 11.4 Å². The SMILES string of the molecule is CCC(=O)Nc1cc(Cl)cc(Cl)c1O. The molecule has 5 heteroatoms. The predicted molar refractivity (Wildman–Crippen MR) is 57.0 cm³/mol. The Bertz CT molecular complexity index is 366. The van der Waals surface area contributed by atoms with Crippen molar-refractivity contribution in [3.8, 4) is 5.75 Å². The number of hydrogen-bond donors (Lipinski definition) is 2. The molecule has 1 rings (SSSR count). The maximum absolute atomic E-state index is 11.0.